The molecule has 0 radical (unpaired) electrons. The quantitative estimate of drug-likeness (QED) is 0.0186. The van der Waals surface area contributed by atoms with Gasteiger partial charge in [-0.1, -0.05) is 16.8 Å². The number of aryl methyl sites for hydroxylation is 1. The van der Waals surface area contributed by atoms with Crippen LogP contribution in [0.2, 0.25) is 5.02 Å². The van der Waals surface area contributed by atoms with Gasteiger partial charge in [-0.2, -0.15) is 5.10 Å². The fraction of sp³-hybridized carbons (Fsp3) is 0.527. The monoisotopic (exact) mass is 1170 g/mol. The highest BCUT2D eigenvalue weighted by Gasteiger charge is 2.53. The molecule has 0 bridgehead atoms. The lowest BCUT2D eigenvalue weighted by molar-refractivity contribution is -0.136. The maximum atomic E-state index is 14.5. The summed E-state index contributed by atoms with van der Waals surface area (Å²) in [5.41, 5.74) is 3.39. The average molecular weight is 1170 g/mol. The van der Waals surface area contributed by atoms with Gasteiger partial charge in [-0.15, -0.1) is 5.10 Å². The molecule has 444 valence electrons. The molecular formula is C55H67ClF4N10O12. The van der Waals surface area contributed by atoms with E-state index in [2.05, 4.69) is 25.1 Å². The van der Waals surface area contributed by atoms with E-state index in [9.17, 15) is 31.9 Å². The molecule has 0 saturated carbocycles. The highest BCUT2D eigenvalue weighted by molar-refractivity contribution is 6.31. The first kappa shape index (κ1) is 61.6. The first-order valence-corrected chi connectivity index (χ1v) is 27.6. The van der Waals surface area contributed by atoms with Gasteiger partial charge in [-0.05, 0) is 61.6 Å². The number of imidazole rings is 1. The van der Waals surface area contributed by atoms with E-state index in [1.165, 1.54) is 0 Å². The van der Waals surface area contributed by atoms with E-state index >= 15 is 0 Å². The summed E-state index contributed by atoms with van der Waals surface area (Å²) in [5, 5.41) is 13.3. The number of unbranched alkanes of at least 4 members (excludes halogenated alkanes) is 1. The first-order valence-electron chi connectivity index (χ1n) is 27.2. The fourth-order valence-electron chi connectivity index (χ4n) is 9.39. The number of benzene rings is 2. The number of hydrogen-bond donors (Lipinski definition) is 0. The Balaban J connectivity index is 0.599. The number of aromatic nitrogens is 8. The summed E-state index contributed by atoms with van der Waals surface area (Å²) < 4.78 is 108. The van der Waals surface area contributed by atoms with Crippen LogP contribution >= 0.6 is 11.6 Å². The standard InChI is InChI=1S/C55H67ClF4N10O12/c56-40-3-4-48-47(33-40)62-50(69(48)12-2-1-10-57)38-70-49-36-61-11-5-43(49)55(54(70)73)8-14-66(15-9-55)53(72)46-6-13-67(64-46)16-19-75-22-25-78-29-30-80-31-32-81-39-42-37-68(65-63-42)17-20-76-23-26-79-28-27-77-24-21-74-18-7-51(71)82-52-44(59)34-41(58)35-45(52)60/h3-6,11,13,33-37H,1-2,7-10,12,14-32,38-39H2. The molecule has 8 rings (SSSR count). The molecule has 22 nitrogen and oxygen atoms in total. The highest BCUT2D eigenvalue weighted by atomic mass is 35.5. The van der Waals surface area contributed by atoms with E-state index in [1.807, 2.05) is 16.7 Å². The van der Waals surface area contributed by atoms with Crippen LogP contribution in [0.5, 0.6) is 5.75 Å². The summed E-state index contributed by atoms with van der Waals surface area (Å²) in [7, 11) is 0. The van der Waals surface area contributed by atoms with Gasteiger partial charge in [0.05, 0.1) is 173 Å². The number of anilines is 1. The summed E-state index contributed by atoms with van der Waals surface area (Å²) in [6.45, 7) is 7.17. The molecule has 0 N–H and O–H groups in total. The number of ether oxygens (including phenoxy) is 9. The van der Waals surface area contributed by atoms with Crippen LogP contribution in [0.25, 0.3) is 11.0 Å². The van der Waals surface area contributed by atoms with Crippen molar-refractivity contribution in [1.82, 2.24) is 44.2 Å². The van der Waals surface area contributed by atoms with Crippen molar-refractivity contribution in [3.05, 3.63) is 113 Å². The molecule has 27 heteroatoms. The summed E-state index contributed by atoms with van der Waals surface area (Å²) in [5.74, 6) is -5.19. The zero-order valence-corrected chi connectivity index (χ0v) is 46.2. The Morgan fingerprint density at radius 2 is 1.33 bits per heavy atom. The highest BCUT2D eigenvalue weighted by Crippen LogP contribution is 2.48. The molecule has 2 aliphatic rings. The minimum Gasteiger partial charge on any atom is -0.420 e. The smallest absolute Gasteiger partial charge is 0.313 e. The van der Waals surface area contributed by atoms with Crippen LogP contribution in [0.15, 0.2) is 67.3 Å². The van der Waals surface area contributed by atoms with Crippen LogP contribution in [-0.2, 0) is 85.7 Å². The number of carbonyl (C=O) groups excluding carboxylic acids is 3. The number of hydrogen-bond acceptors (Lipinski definition) is 17. The third-order valence-corrected chi connectivity index (χ3v) is 13.7. The molecule has 2 amide bonds. The second-order valence-corrected chi connectivity index (χ2v) is 19.5. The lowest BCUT2D eigenvalue weighted by Crippen LogP contribution is -2.50. The number of alkyl halides is 1. The van der Waals surface area contributed by atoms with Crippen LogP contribution in [0, 0.1) is 17.5 Å². The molecule has 6 aromatic rings. The predicted molar refractivity (Wildman–Crippen MR) is 286 cm³/mol. The molecule has 1 saturated heterocycles. The number of carbonyl (C=O) groups is 3. The average Bonchev–Trinajstić information content (AvgIpc) is 2.78. The minimum absolute atomic E-state index is 0.0491. The van der Waals surface area contributed by atoms with E-state index < -0.39 is 41.3 Å². The van der Waals surface area contributed by atoms with Crippen molar-refractivity contribution in [3.63, 3.8) is 0 Å². The Hall–Kier alpha value is -6.49. The number of rotatable bonds is 37. The molecule has 1 fully saturated rings. The molecule has 0 atom stereocenters. The number of halogens is 5. The SMILES string of the molecule is O=C(CCOCCOCCOCCOCCn1cc(COCCOCCOCCOCCn2ccc(C(=O)N3CCC4(CC3)C(=O)N(Cc3nc5cc(Cl)ccc5n3CCCCF)c3cnccc34)n2)nn1)Oc1c(F)cc(F)cc1F. The van der Waals surface area contributed by atoms with Gasteiger partial charge >= 0.3 is 5.97 Å². The number of nitrogens with zero attached hydrogens (tertiary/aromatic N) is 10. The van der Waals surface area contributed by atoms with E-state index in [-0.39, 0.29) is 51.2 Å². The third-order valence-electron chi connectivity index (χ3n) is 13.5. The number of pyridine rings is 1. The maximum absolute atomic E-state index is 14.5. The molecule has 2 aliphatic heterocycles. The Bertz CT molecular complexity index is 2970. The number of piperidine rings is 1. The van der Waals surface area contributed by atoms with Crippen molar-refractivity contribution in [2.75, 3.05) is 124 Å². The zero-order chi connectivity index (χ0) is 57.5. The third kappa shape index (κ3) is 17.3. The summed E-state index contributed by atoms with van der Waals surface area (Å²) in [4.78, 5) is 52.7. The van der Waals surface area contributed by atoms with Crippen LogP contribution in [-0.4, -0.2) is 181 Å². The number of esters is 1. The molecule has 2 aromatic carbocycles. The van der Waals surface area contributed by atoms with Crippen LogP contribution in [0.4, 0.5) is 23.2 Å². The first-order chi connectivity index (χ1) is 40.0. The van der Waals surface area contributed by atoms with Gasteiger partial charge in [0.1, 0.15) is 23.0 Å². The van der Waals surface area contributed by atoms with E-state index in [1.54, 1.807) is 62.1 Å². The van der Waals surface area contributed by atoms with Crippen molar-refractivity contribution in [3.8, 4) is 5.75 Å². The van der Waals surface area contributed by atoms with Gasteiger partial charge in [-0.3, -0.25) is 28.4 Å². The normalized spacial score (nSPS) is 14.0. The maximum Gasteiger partial charge on any atom is 0.313 e. The molecular weight excluding hydrogens is 1100 g/mol. The molecule has 6 heterocycles. The van der Waals surface area contributed by atoms with Gasteiger partial charge in [0.15, 0.2) is 11.6 Å². The van der Waals surface area contributed by atoms with Gasteiger partial charge in [0.2, 0.25) is 11.7 Å². The zero-order valence-electron chi connectivity index (χ0n) is 45.4. The summed E-state index contributed by atoms with van der Waals surface area (Å²) in [6.07, 6.45) is 8.63. The van der Waals surface area contributed by atoms with Crippen molar-refractivity contribution in [2.24, 2.45) is 0 Å². The van der Waals surface area contributed by atoms with Crippen LogP contribution in [0.1, 0.15) is 59.7 Å². The van der Waals surface area contributed by atoms with Crippen LogP contribution < -0.4 is 9.64 Å². The summed E-state index contributed by atoms with van der Waals surface area (Å²) >= 11 is 6.31. The second-order valence-electron chi connectivity index (χ2n) is 19.1. The van der Waals surface area contributed by atoms with E-state index in [0.29, 0.717) is 178 Å². The number of likely N-dealkylation sites (tertiary alicyclic amines) is 1. The number of fused-ring (bicyclic) bond motifs is 3. The van der Waals surface area contributed by atoms with Crippen molar-refractivity contribution >= 4 is 46.1 Å². The number of amides is 2. The topological polar surface area (TPSA) is 220 Å². The summed E-state index contributed by atoms with van der Waals surface area (Å²) in [6, 6.07) is 9.95. The molecule has 82 heavy (non-hydrogen) atoms. The lowest BCUT2D eigenvalue weighted by Gasteiger charge is -2.38. The van der Waals surface area contributed by atoms with E-state index in [4.69, 9.17) is 54.5 Å². The van der Waals surface area contributed by atoms with Crippen molar-refractivity contribution < 1.29 is 74.6 Å². The second kappa shape index (κ2) is 31.8. The van der Waals surface area contributed by atoms with Gasteiger partial charge in [-0.25, -0.2) is 22.8 Å². The molecule has 1 spiro atoms. The van der Waals surface area contributed by atoms with Gasteiger partial charge < -0.3 is 57.0 Å². The lowest BCUT2D eigenvalue weighted by atomic mass is 9.74. The fourth-order valence-corrected chi connectivity index (χ4v) is 9.55. The Morgan fingerprint density at radius 3 is 1.99 bits per heavy atom. The largest absolute Gasteiger partial charge is 0.420 e. The molecule has 0 unspecified atom stereocenters. The van der Waals surface area contributed by atoms with Crippen molar-refractivity contribution in [1.29, 1.82) is 0 Å². The van der Waals surface area contributed by atoms with Gasteiger partial charge in [0, 0.05) is 49.2 Å². The van der Waals surface area contributed by atoms with Crippen molar-refractivity contribution in [2.45, 2.75) is 70.3 Å². The van der Waals surface area contributed by atoms with Gasteiger partial charge in [0.25, 0.3) is 5.91 Å². The van der Waals surface area contributed by atoms with E-state index in [0.717, 1.165) is 16.8 Å². The Morgan fingerprint density at radius 1 is 0.707 bits per heavy atom. The molecule has 0 aliphatic carbocycles. The molecule has 4 aromatic heterocycles. The van der Waals surface area contributed by atoms with Crippen LogP contribution in [0.3, 0.4) is 0 Å². The minimum atomic E-state index is -1.31. The predicted octanol–water partition coefficient (Wildman–Crippen LogP) is 6.09. The Kier molecular flexibility index (Phi) is 23.9. The Labute approximate surface area is 475 Å².